The fourth-order valence-electron chi connectivity index (χ4n) is 3.26. The number of nitrogens with zero attached hydrogens (tertiary/aromatic N) is 1. The number of hydrogen-bond acceptors (Lipinski definition) is 3. The number of carbonyl (C=O) groups is 1. The largest absolute Gasteiger partial charge is 0.385 e. The molecule has 0 radical (unpaired) electrons. The molecule has 3 rings (SSSR count). The maximum Gasteiger partial charge on any atom is 0.252 e. The van der Waals surface area contributed by atoms with Crippen molar-refractivity contribution < 1.29 is 9.90 Å². The van der Waals surface area contributed by atoms with Crippen molar-refractivity contribution in [2.75, 3.05) is 26.2 Å². The molecule has 1 fully saturated rings. The third kappa shape index (κ3) is 4.65. The van der Waals surface area contributed by atoms with Gasteiger partial charge in [0.1, 0.15) is 0 Å². The zero-order valence-electron chi connectivity index (χ0n) is 14.4. The van der Waals surface area contributed by atoms with E-state index in [1.165, 1.54) is 0 Å². The van der Waals surface area contributed by atoms with Gasteiger partial charge in [0, 0.05) is 35.7 Å². The molecule has 2 aromatic rings. The molecule has 4 nitrogen and oxygen atoms in total. The lowest BCUT2D eigenvalue weighted by molar-refractivity contribution is -0.0255. The molecule has 1 aliphatic rings. The van der Waals surface area contributed by atoms with Crippen LogP contribution in [0.5, 0.6) is 0 Å². The van der Waals surface area contributed by atoms with Crippen molar-refractivity contribution in [2.45, 2.75) is 18.4 Å². The summed E-state index contributed by atoms with van der Waals surface area (Å²) in [4.78, 5) is 14.5. The average molecular weight is 438 g/mol. The molecule has 6 heteroatoms. The number of aliphatic hydroxyl groups is 1. The van der Waals surface area contributed by atoms with Crippen LogP contribution in [0, 0.1) is 0 Å². The van der Waals surface area contributed by atoms with Crippen LogP contribution in [0.15, 0.2) is 53.0 Å². The minimum Gasteiger partial charge on any atom is -0.385 e. The first-order valence-electron chi connectivity index (χ1n) is 8.71. The third-order valence-corrected chi connectivity index (χ3v) is 5.84. The van der Waals surface area contributed by atoms with Gasteiger partial charge in [0.05, 0.1) is 11.2 Å². The third-order valence-electron chi connectivity index (χ3n) is 4.90. The average Bonchev–Trinajstić information content (AvgIpc) is 2.64. The maximum absolute atomic E-state index is 12.2. The Balaban J connectivity index is 1.46. The molecule has 0 saturated carbocycles. The smallest absolute Gasteiger partial charge is 0.252 e. The van der Waals surface area contributed by atoms with Gasteiger partial charge in [0.2, 0.25) is 0 Å². The summed E-state index contributed by atoms with van der Waals surface area (Å²) in [7, 11) is 0. The Labute approximate surface area is 167 Å². The van der Waals surface area contributed by atoms with Crippen molar-refractivity contribution in [3.8, 4) is 0 Å². The van der Waals surface area contributed by atoms with Gasteiger partial charge >= 0.3 is 0 Å². The highest BCUT2D eigenvalue weighted by Gasteiger charge is 2.33. The van der Waals surface area contributed by atoms with E-state index in [0.717, 1.165) is 29.7 Å². The fourth-order valence-corrected chi connectivity index (χ4v) is 3.85. The molecule has 0 spiro atoms. The van der Waals surface area contributed by atoms with E-state index < -0.39 is 5.60 Å². The summed E-state index contributed by atoms with van der Waals surface area (Å²) >= 11 is 9.33. The quantitative estimate of drug-likeness (QED) is 0.748. The van der Waals surface area contributed by atoms with Crippen molar-refractivity contribution in [3.63, 3.8) is 0 Å². The number of hydrogen-bond donors (Lipinski definition) is 2. The first-order valence-corrected chi connectivity index (χ1v) is 9.88. The van der Waals surface area contributed by atoms with Crippen LogP contribution in [-0.2, 0) is 5.60 Å². The lowest BCUT2D eigenvalue weighted by Crippen LogP contribution is -2.45. The van der Waals surface area contributed by atoms with E-state index in [0.29, 0.717) is 30.0 Å². The Morgan fingerprint density at radius 3 is 2.46 bits per heavy atom. The van der Waals surface area contributed by atoms with Gasteiger partial charge in [0.25, 0.3) is 5.91 Å². The number of piperidine rings is 1. The molecule has 0 atom stereocenters. The summed E-state index contributed by atoms with van der Waals surface area (Å²) in [6, 6.07) is 14.8. The highest BCUT2D eigenvalue weighted by Crippen LogP contribution is 2.33. The molecule has 2 aromatic carbocycles. The number of likely N-dealkylation sites (tertiary alicyclic amines) is 1. The van der Waals surface area contributed by atoms with E-state index in [-0.39, 0.29) is 5.91 Å². The van der Waals surface area contributed by atoms with E-state index in [2.05, 4.69) is 26.1 Å². The number of halogens is 2. The summed E-state index contributed by atoms with van der Waals surface area (Å²) in [5.41, 5.74) is 0.770. The van der Waals surface area contributed by atoms with Crippen LogP contribution < -0.4 is 5.32 Å². The fraction of sp³-hybridized carbons (Fsp3) is 0.350. The standard InChI is InChI=1S/C20H22BrClN2O2/c21-18-4-2-1-3-17(18)19(25)23-11-14-24-12-9-20(26,10-13-24)15-5-7-16(22)8-6-15/h1-8,26H,9-14H2,(H,23,25). The highest BCUT2D eigenvalue weighted by atomic mass is 79.9. The Hall–Kier alpha value is -1.40. The van der Waals surface area contributed by atoms with Crippen LogP contribution in [-0.4, -0.2) is 42.1 Å². The van der Waals surface area contributed by atoms with Crippen LogP contribution in [0.25, 0.3) is 0 Å². The minimum atomic E-state index is -0.792. The molecule has 2 N–H and O–H groups in total. The van der Waals surface area contributed by atoms with Crippen LogP contribution in [0.2, 0.25) is 5.02 Å². The first kappa shape index (κ1) is 19.4. The van der Waals surface area contributed by atoms with E-state index in [9.17, 15) is 9.90 Å². The second-order valence-corrected chi connectivity index (χ2v) is 7.91. The van der Waals surface area contributed by atoms with E-state index >= 15 is 0 Å². The van der Waals surface area contributed by atoms with Crippen LogP contribution >= 0.6 is 27.5 Å². The van der Waals surface area contributed by atoms with Gasteiger partial charge < -0.3 is 15.3 Å². The number of amides is 1. The van der Waals surface area contributed by atoms with Gasteiger partial charge in [-0.3, -0.25) is 4.79 Å². The molecular weight excluding hydrogens is 416 g/mol. The van der Waals surface area contributed by atoms with Gasteiger partial charge in [-0.25, -0.2) is 0 Å². The van der Waals surface area contributed by atoms with Gasteiger partial charge in [-0.2, -0.15) is 0 Å². The highest BCUT2D eigenvalue weighted by molar-refractivity contribution is 9.10. The van der Waals surface area contributed by atoms with E-state index in [1.54, 1.807) is 6.07 Å². The SMILES string of the molecule is O=C(NCCN1CCC(O)(c2ccc(Cl)cc2)CC1)c1ccccc1Br. The van der Waals surface area contributed by atoms with Crippen LogP contribution in [0.3, 0.4) is 0 Å². The molecule has 0 unspecified atom stereocenters. The summed E-state index contributed by atoms with van der Waals surface area (Å²) in [6.45, 7) is 2.94. The van der Waals surface area contributed by atoms with Crippen molar-refractivity contribution in [1.82, 2.24) is 10.2 Å². The monoisotopic (exact) mass is 436 g/mol. The van der Waals surface area contributed by atoms with Crippen molar-refractivity contribution in [3.05, 3.63) is 69.2 Å². The zero-order valence-corrected chi connectivity index (χ0v) is 16.8. The number of carbonyl (C=O) groups excluding carboxylic acids is 1. The zero-order chi connectivity index (χ0) is 18.6. The maximum atomic E-state index is 12.2. The Bertz CT molecular complexity index is 759. The number of nitrogens with one attached hydrogen (secondary N) is 1. The second-order valence-electron chi connectivity index (χ2n) is 6.62. The lowest BCUT2D eigenvalue weighted by Gasteiger charge is -2.38. The van der Waals surface area contributed by atoms with Crippen molar-refractivity contribution in [2.24, 2.45) is 0 Å². The molecule has 1 aliphatic heterocycles. The van der Waals surface area contributed by atoms with E-state index in [1.807, 2.05) is 42.5 Å². The molecule has 0 aromatic heterocycles. The molecule has 1 saturated heterocycles. The molecule has 138 valence electrons. The van der Waals surface area contributed by atoms with Gasteiger partial charge in [-0.05, 0) is 58.6 Å². The van der Waals surface area contributed by atoms with Crippen LogP contribution in [0.1, 0.15) is 28.8 Å². The summed E-state index contributed by atoms with van der Waals surface area (Å²) in [5.74, 6) is -0.0767. The normalized spacial score (nSPS) is 17.0. The Morgan fingerprint density at radius 2 is 1.81 bits per heavy atom. The summed E-state index contributed by atoms with van der Waals surface area (Å²) < 4.78 is 0.795. The summed E-state index contributed by atoms with van der Waals surface area (Å²) in [5, 5.41) is 14.5. The van der Waals surface area contributed by atoms with Crippen molar-refractivity contribution in [1.29, 1.82) is 0 Å². The minimum absolute atomic E-state index is 0.0767. The lowest BCUT2D eigenvalue weighted by atomic mass is 9.84. The molecular formula is C20H22BrClN2O2. The molecule has 0 bridgehead atoms. The van der Waals surface area contributed by atoms with Gasteiger partial charge in [-0.15, -0.1) is 0 Å². The topological polar surface area (TPSA) is 52.6 Å². The summed E-state index contributed by atoms with van der Waals surface area (Å²) in [6.07, 6.45) is 1.35. The molecule has 0 aliphatic carbocycles. The molecule has 1 heterocycles. The second kappa shape index (κ2) is 8.53. The predicted octanol–water partition coefficient (Wildman–Crippen LogP) is 3.82. The predicted molar refractivity (Wildman–Crippen MR) is 107 cm³/mol. The van der Waals surface area contributed by atoms with Gasteiger partial charge in [-0.1, -0.05) is 35.9 Å². The molecule has 26 heavy (non-hydrogen) atoms. The number of benzene rings is 2. The van der Waals surface area contributed by atoms with Crippen molar-refractivity contribution >= 4 is 33.4 Å². The number of rotatable bonds is 5. The Kier molecular flexibility index (Phi) is 6.35. The first-order chi connectivity index (χ1) is 12.5. The molecule has 1 amide bonds. The van der Waals surface area contributed by atoms with Gasteiger partial charge in [0.15, 0.2) is 0 Å². The van der Waals surface area contributed by atoms with E-state index in [4.69, 9.17) is 11.6 Å². The van der Waals surface area contributed by atoms with Crippen LogP contribution in [0.4, 0.5) is 0 Å². The Morgan fingerprint density at radius 1 is 1.15 bits per heavy atom.